The smallest absolute Gasteiger partial charge is 0.241 e. The van der Waals surface area contributed by atoms with Gasteiger partial charge in [0.15, 0.2) is 15.0 Å². The van der Waals surface area contributed by atoms with Crippen molar-refractivity contribution in [2.45, 2.75) is 13.3 Å². The molecule has 3 rings (SSSR count). The largest absolute Gasteiger partial charge is 0.325 e. The Morgan fingerprint density at radius 3 is 2.19 bits per heavy atom. The van der Waals surface area contributed by atoms with Crippen LogP contribution in [0.1, 0.15) is 12.5 Å². The van der Waals surface area contributed by atoms with Gasteiger partial charge in [-0.15, -0.1) is 11.3 Å². The van der Waals surface area contributed by atoms with E-state index in [-0.39, 0.29) is 10.8 Å². The van der Waals surface area contributed by atoms with Gasteiger partial charge in [0.1, 0.15) is 17.3 Å². The van der Waals surface area contributed by atoms with Crippen molar-refractivity contribution in [2.75, 3.05) is 22.1 Å². The fraction of sp³-hybridized carbons (Fsp3) is 0.190. The van der Waals surface area contributed by atoms with Gasteiger partial charge >= 0.3 is 0 Å². The van der Waals surface area contributed by atoms with Crippen molar-refractivity contribution in [3.8, 4) is 11.3 Å². The number of anilines is 2. The van der Waals surface area contributed by atoms with E-state index in [0.717, 1.165) is 24.1 Å². The predicted octanol–water partition coefficient (Wildman–Crippen LogP) is 3.50. The minimum atomic E-state index is -4.00. The molecule has 1 heterocycles. The lowest BCUT2D eigenvalue weighted by Crippen LogP contribution is -2.30. The molecular weight excluding hydrogens is 441 g/mol. The quantitative estimate of drug-likeness (QED) is 0.534. The molecule has 2 amide bonds. The lowest BCUT2D eigenvalue weighted by atomic mass is 10.1. The summed E-state index contributed by atoms with van der Waals surface area (Å²) in [5, 5.41) is 6.84. The number of thiazole rings is 1. The van der Waals surface area contributed by atoms with Gasteiger partial charge in [-0.2, -0.15) is 0 Å². The Kier molecular flexibility index (Phi) is 7.13. The molecule has 10 heteroatoms. The maximum absolute atomic E-state index is 12.9. The number of carbonyl (C=O) groups excluding carboxylic acids is 2. The molecule has 0 spiro atoms. The Balaban J connectivity index is 1.55. The van der Waals surface area contributed by atoms with Crippen molar-refractivity contribution < 1.29 is 22.4 Å². The Bertz CT molecular complexity index is 1170. The van der Waals surface area contributed by atoms with Gasteiger partial charge in [0, 0.05) is 16.6 Å². The van der Waals surface area contributed by atoms with E-state index < -0.39 is 39.0 Å². The highest BCUT2D eigenvalue weighted by Gasteiger charge is 2.22. The van der Waals surface area contributed by atoms with Crippen LogP contribution in [0.25, 0.3) is 11.3 Å². The van der Waals surface area contributed by atoms with Crippen LogP contribution in [0.2, 0.25) is 0 Å². The summed E-state index contributed by atoms with van der Waals surface area (Å²) in [6, 6.07) is 12.8. The first-order valence-electron chi connectivity index (χ1n) is 9.34. The first-order chi connectivity index (χ1) is 14.7. The molecule has 2 aromatic carbocycles. The number of sulfone groups is 1. The van der Waals surface area contributed by atoms with Crippen LogP contribution in [0.5, 0.6) is 0 Å². The van der Waals surface area contributed by atoms with Crippen LogP contribution in [-0.2, 0) is 25.8 Å². The normalized spacial score (nSPS) is 11.2. The summed E-state index contributed by atoms with van der Waals surface area (Å²) in [7, 11) is -4.00. The molecule has 7 nitrogen and oxygen atoms in total. The molecule has 0 aliphatic heterocycles. The van der Waals surface area contributed by atoms with E-state index >= 15 is 0 Å². The molecule has 31 heavy (non-hydrogen) atoms. The number of nitrogens with zero attached hydrogens (tertiary/aromatic N) is 1. The summed E-state index contributed by atoms with van der Waals surface area (Å²) in [6.45, 7) is 2.06. The second-order valence-electron chi connectivity index (χ2n) is 6.72. The van der Waals surface area contributed by atoms with Gasteiger partial charge in [0.25, 0.3) is 0 Å². The molecule has 0 atom stereocenters. The average Bonchev–Trinajstić information content (AvgIpc) is 3.17. The zero-order valence-electron chi connectivity index (χ0n) is 16.6. The number of hydrogen-bond acceptors (Lipinski definition) is 6. The number of rotatable bonds is 8. The lowest BCUT2D eigenvalue weighted by Gasteiger charge is -2.06. The lowest BCUT2D eigenvalue weighted by molar-refractivity contribution is -0.114. The van der Waals surface area contributed by atoms with E-state index in [0.29, 0.717) is 5.69 Å². The number of halogens is 1. The number of carbonyl (C=O) groups is 2. The Hall–Kier alpha value is -3.11. The van der Waals surface area contributed by atoms with Gasteiger partial charge in [-0.1, -0.05) is 31.2 Å². The maximum Gasteiger partial charge on any atom is 0.241 e. The summed E-state index contributed by atoms with van der Waals surface area (Å²) >= 11 is 1.18. The topological polar surface area (TPSA) is 105 Å². The number of aryl methyl sites for hydroxylation is 1. The van der Waals surface area contributed by atoms with Gasteiger partial charge in [0.05, 0.1) is 5.69 Å². The minimum absolute atomic E-state index is 0.258. The molecule has 0 bridgehead atoms. The molecular formula is C21H20FN3O4S2. The molecule has 0 fully saturated rings. The van der Waals surface area contributed by atoms with Crippen LogP contribution in [0.3, 0.4) is 0 Å². The first-order valence-corrected chi connectivity index (χ1v) is 12.0. The summed E-state index contributed by atoms with van der Waals surface area (Å²) in [4.78, 5) is 28.4. The number of nitrogens with one attached hydrogen (secondary N) is 2. The van der Waals surface area contributed by atoms with Gasteiger partial charge in [-0.25, -0.2) is 17.8 Å². The molecule has 1 aromatic heterocycles. The highest BCUT2D eigenvalue weighted by Crippen LogP contribution is 2.25. The van der Waals surface area contributed by atoms with E-state index in [4.69, 9.17) is 0 Å². The number of aromatic nitrogens is 1. The molecule has 3 aromatic rings. The second kappa shape index (κ2) is 9.80. The van der Waals surface area contributed by atoms with Crippen LogP contribution in [-0.4, -0.2) is 36.7 Å². The van der Waals surface area contributed by atoms with Gasteiger partial charge in [-0.05, 0) is 36.2 Å². The van der Waals surface area contributed by atoms with E-state index in [1.807, 2.05) is 24.3 Å². The van der Waals surface area contributed by atoms with Crippen LogP contribution < -0.4 is 10.6 Å². The molecule has 0 aliphatic carbocycles. The standard InChI is InChI=1S/C21H20FN3O4S2/c1-2-14-3-5-15(6-4-14)18-11-30-21(24-18)25-20(27)13-31(28,29)12-19(26)23-17-9-7-16(22)8-10-17/h3-11H,2,12-13H2,1H3,(H,23,26)(H,24,25,27). The molecule has 0 aliphatic rings. The van der Waals surface area contributed by atoms with Crippen LogP contribution >= 0.6 is 11.3 Å². The highest BCUT2D eigenvalue weighted by atomic mass is 32.2. The molecule has 0 unspecified atom stereocenters. The van der Waals surface area contributed by atoms with E-state index in [1.165, 1.54) is 29.0 Å². The van der Waals surface area contributed by atoms with Crippen molar-refractivity contribution in [3.05, 3.63) is 65.3 Å². The van der Waals surface area contributed by atoms with Crippen molar-refractivity contribution in [1.29, 1.82) is 0 Å². The number of amides is 2. The summed E-state index contributed by atoms with van der Waals surface area (Å²) < 4.78 is 37.2. The van der Waals surface area contributed by atoms with Crippen molar-refractivity contribution in [3.63, 3.8) is 0 Å². The SMILES string of the molecule is CCc1ccc(-c2csc(NC(=O)CS(=O)(=O)CC(=O)Nc3ccc(F)cc3)n2)cc1. The molecule has 2 N–H and O–H groups in total. The van der Waals surface area contributed by atoms with Crippen LogP contribution in [0.4, 0.5) is 15.2 Å². The fourth-order valence-electron chi connectivity index (χ4n) is 2.71. The van der Waals surface area contributed by atoms with Crippen LogP contribution in [0.15, 0.2) is 53.9 Å². The summed E-state index contributed by atoms with van der Waals surface area (Å²) in [5.74, 6) is -3.80. The minimum Gasteiger partial charge on any atom is -0.325 e. The van der Waals surface area contributed by atoms with Crippen LogP contribution in [0, 0.1) is 5.82 Å². The molecule has 0 radical (unpaired) electrons. The van der Waals surface area contributed by atoms with E-state index in [2.05, 4.69) is 22.5 Å². The predicted molar refractivity (Wildman–Crippen MR) is 119 cm³/mol. The maximum atomic E-state index is 12.9. The highest BCUT2D eigenvalue weighted by molar-refractivity contribution is 7.92. The average molecular weight is 462 g/mol. The molecule has 0 saturated heterocycles. The summed E-state index contributed by atoms with van der Waals surface area (Å²) in [6.07, 6.45) is 0.926. The summed E-state index contributed by atoms with van der Waals surface area (Å²) in [5.41, 5.74) is 3.01. The third kappa shape index (κ3) is 6.69. The first kappa shape index (κ1) is 22.6. The third-order valence-electron chi connectivity index (χ3n) is 4.24. The zero-order valence-corrected chi connectivity index (χ0v) is 18.2. The van der Waals surface area contributed by atoms with E-state index in [9.17, 15) is 22.4 Å². The molecule has 0 saturated carbocycles. The Labute approximate surface area is 183 Å². The third-order valence-corrected chi connectivity index (χ3v) is 6.40. The van der Waals surface area contributed by atoms with Gasteiger partial charge in [-0.3, -0.25) is 9.59 Å². The monoisotopic (exact) mass is 461 g/mol. The number of benzene rings is 2. The zero-order chi connectivity index (χ0) is 22.4. The van der Waals surface area contributed by atoms with Gasteiger partial charge < -0.3 is 10.6 Å². The van der Waals surface area contributed by atoms with Crippen molar-refractivity contribution >= 4 is 43.8 Å². The second-order valence-corrected chi connectivity index (χ2v) is 9.65. The van der Waals surface area contributed by atoms with Crippen molar-refractivity contribution in [1.82, 2.24) is 4.98 Å². The fourth-order valence-corrected chi connectivity index (χ4v) is 4.49. The number of hydrogen-bond donors (Lipinski definition) is 2. The van der Waals surface area contributed by atoms with Gasteiger partial charge in [0.2, 0.25) is 11.8 Å². The van der Waals surface area contributed by atoms with E-state index in [1.54, 1.807) is 5.38 Å². The Morgan fingerprint density at radius 1 is 0.968 bits per heavy atom. The Morgan fingerprint density at radius 2 is 1.58 bits per heavy atom. The van der Waals surface area contributed by atoms with Crippen molar-refractivity contribution in [2.24, 2.45) is 0 Å². The molecule has 162 valence electrons.